The van der Waals surface area contributed by atoms with Crippen LogP contribution in [0.1, 0.15) is 23.2 Å². The van der Waals surface area contributed by atoms with Gasteiger partial charge in [0.2, 0.25) is 5.91 Å². The van der Waals surface area contributed by atoms with Crippen LogP contribution in [0.2, 0.25) is 0 Å². The molecule has 0 saturated heterocycles. The van der Waals surface area contributed by atoms with Crippen LogP contribution < -0.4 is 16.0 Å². The summed E-state index contributed by atoms with van der Waals surface area (Å²) in [4.78, 5) is 18.4. The van der Waals surface area contributed by atoms with Crippen molar-refractivity contribution in [1.29, 1.82) is 0 Å². The Morgan fingerprint density at radius 3 is 3.05 bits per heavy atom. The number of aromatic nitrogens is 1. The minimum Gasteiger partial charge on any atom is -0.383 e. The summed E-state index contributed by atoms with van der Waals surface area (Å²) in [7, 11) is 3.49. The topological polar surface area (TPSA) is 80.5 Å². The number of pyridine rings is 1. The lowest BCUT2D eigenvalue weighted by Crippen LogP contribution is -2.37. The third-order valence-corrected chi connectivity index (χ3v) is 3.70. The molecular weight excluding hydrogens is 268 g/mol. The second kappa shape index (κ2) is 7.38. The number of methoxy groups -OCH3 is 1. The van der Waals surface area contributed by atoms with Crippen LogP contribution >= 0.6 is 0 Å². The number of fused-ring (bicyclic) bond motifs is 1. The van der Waals surface area contributed by atoms with E-state index in [-0.39, 0.29) is 12.5 Å². The molecule has 1 aromatic rings. The van der Waals surface area contributed by atoms with E-state index in [2.05, 4.69) is 11.4 Å². The van der Waals surface area contributed by atoms with Gasteiger partial charge < -0.3 is 20.7 Å². The maximum atomic E-state index is 11.9. The Bertz CT molecular complexity index is 505. The van der Waals surface area contributed by atoms with Crippen molar-refractivity contribution in [1.82, 2.24) is 10.3 Å². The number of carbonyl (C=O) groups excluding carboxylic acids is 1. The highest BCUT2D eigenvalue weighted by Gasteiger charge is 2.18. The predicted octanol–water partition coefficient (Wildman–Crippen LogP) is 0.228. The average molecular weight is 292 g/mol. The normalized spacial score (nSPS) is 13.1. The molecule has 0 bridgehead atoms. The maximum absolute atomic E-state index is 11.9. The molecule has 0 aliphatic heterocycles. The fourth-order valence-corrected chi connectivity index (χ4v) is 2.63. The number of nitrogens with two attached hydrogens (primary N) is 1. The number of amides is 1. The van der Waals surface area contributed by atoms with E-state index < -0.39 is 0 Å². The molecule has 0 unspecified atom stereocenters. The highest BCUT2D eigenvalue weighted by molar-refractivity contribution is 5.81. The Morgan fingerprint density at radius 2 is 2.33 bits per heavy atom. The molecule has 116 valence electrons. The van der Waals surface area contributed by atoms with Crippen molar-refractivity contribution in [3.63, 3.8) is 0 Å². The van der Waals surface area contributed by atoms with E-state index in [4.69, 9.17) is 15.5 Å². The van der Waals surface area contributed by atoms with E-state index in [1.165, 1.54) is 5.56 Å². The highest BCUT2D eigenvalue weighted by atomic mass is 16.5. The Labute approximate surface area is 125 Å². The first-order chi connectivity index (χ1) is 10.2. The molecule has 21 heavy (non-hydrogen) atoms. The number of carbonyl (C=O) groups is 1. The van der Waals surface area contributed by atoms with Crippen LogP contribution in [0.15, 0.2) is 6.07 Å². The van der Waals surface area contributed by atoms with Gasteiger partial charge in [0, 0.05) is 38.5 Å². The van der Waals surface area contributed by atoms with Crippen molar-refractivity contribution in [2.45, 2.75) is 25.8 Å². The van der Waals surface area contributed by atoms with Crippen LogP contribution in [0.3, 0.4) is 0 Å². The third kappa shape index (κ3) is 3.92. The molecule has 1 aliphatic carbocycles. The summed E-state index contributed by atoms with van der Waals surface area (Å²) >= 11 is 0. The summed E-state index contributed by atoms with van der Waals surface area (Å²) in [5.41, 5.74) is 9.28. The van der Waals surface area contributed by atoms with Gasteiger partial charge >= 0.3 is 0 Å². The van der Waals surface area contributed by atoms with Crippen molar-refractivity contribution < 1.29 is 9.53 Å². The number of rotatable bonds is 7. The van der Waals surface area contributed by atoms with E-state index in [0.717, 1.165) is 36.3 Å². The molecule has 1 heterocycles. The maximum Gasteiger partial charge on any atom is 0.239 e. The number of ether oxygens (including phenoxy) is 1. The summed E-state index contributed by atoms with van der Waals surface area (Å²) in [6.07, 6.45) is 3.24. The van der Waals surface area contributed by atoms with Crippen molar-refractivity contribution in [2.75, 3.05) is 38.8 Å². The first-order valence-corrected chi connectivity index (χ1v) is 7.34. The zero-order valence-corrected chi connectivity index (χ0v) is 12.8. The number of likely N-dealkylation sites (N-methyl/N-ethyl adjacent to an activating group) is 1. The molecule has 2 rings (SSSR count). The first kappa shape index (κ1) is 15.7. The van der Waals surface area contributed by atoms with E-state index >= 15 is 0 Å². The van der Waals surface area contributed by atoms with E-state index in [1.807, 2.05) is 11.9 Å². The zero-order chi connectivity index (χ0) is 15.2. The van der Waals surface area contributed by atoms with Gasteiger partial charge in [0.15, 0.2) is 0 Å². The van der Waals surface area contributed by atoms with Gasteiger partial charge in [-0.3, -0.25) is 4.79 Å². The quantitative estimate of drug-likeness (QED) is 0.703. The molecule has 0 fully saturated rings. The number of anilines is 1. The minimum absolute atomic E-state index is 0.0418. The number of hydrogen-bond acceptors (Lipinski definition) is 5. The predicted molar refractivity (Wildman–Crippen MR) is 82.3 cm³/mol. The van der Waals surface area contributed by atoms with Gasteiger partial charge in [-0.2, -0.15) is 0 Å². The van der Waals surface area contributed by atoms with Gasteiger partial charge in [-0.1, -0.05) is 0 Å². The van der Waals surface area contributed by atoms with E-state index in [1.54, 1.807) is 7.11 Å². The van der Waals surface area contributed by atoms with Crippen molar-refractivity contribution >= 4 is 11.7 Å². The molecule has 0 spiro atoms. The average Bonchev–Trinajstić information content (AvgIpc) is 2.93. The molecule has 0 radical (unpaired) electrons. The van der Waals surface area contributed by atoms with Crippen LogP contribution in [-0.4, -0.2) is 44.7 Å². The summed E-state index contributed by atoms with van der Waals surface area (Å²) < 4.78 is 4.91. The van der Waals surface area contributed by atoms with Gasteiger partial charge in [-0.05, 0) is 30.9 Å². The minimum atomic E-state index is -0.0418. The molecule has 0 saturated carbocycles. The lowest BCUT2D eigenvalue weighted by molar-refractivity contribution is -0.119. The Balaban J connectivity index is 2.04. The zero-order valence-electron chi connectivity index (χ0n) is 12.8. The summed E-state index contributed by atoms with van der Waals surface area (Å²) in [5.74, 6) is 0.778. The van der Waals surface area contributed by atoms with Crippen LogP contribution in [0.5, 0.6) is 0 Å². The molecule has 6 heteroatoms. The number of aryl methyl sites for hydroxylation is 2. The molecule has 0 atom stereocenters. The third-order valence-electron chi connectivity index (χ3n) is 3.70. The van der Waals surface area contributed by atoms with Crippen molar-refractivity contribution in [2.24, 2.45) is 5.73 Å². The molecular formula is C15H24N4O2. The Kier molecular flexibility index (Phi) is 5.52. The van der Waals surface area contributed by atoms with Gasteiger partial charge in [-0.25, -0.2) is 4.98 Å². The van der Waals surface area contributed by atoms with E-state index in [9.17, 15) is 4.79 Å². The summed E-state index contributed by atoms with van der Waals surface area (Å²) in [5, 5.41) is 2.81. The Morgan fingerprint density at radius 1 is 1.52 bits per heavy atom. The fraction of sp³-hybridized carbons (Fsp3) is 0.600. The molecule has 1 amide bonds. The van der Waals surface area contributed by atoms with E-state index in [0.29, 0.717) is 19.7 Å². The van der Waals surface area contributed by atoms with Crippen LogP contribution in [-0.2, 0) is 28.9 Å². The summed E-state index contributed by atoms with van der Waals surface area (Å²) in [6.45, 7) is 1.74. The highest BCUT2D eigenvalue weighted by Crippen LogP contribution is 2.26. The van der Waals surface area contributed by atoms with Gasteiger partial charge in [-0.15, -0.1) is 0 Å². The second-order valence-electron chi connectivity index (χ2n) is 5.33. The van der Waals surface area contributed by atoms with Crippen LogP contribution in [0.4, 0.5) is 5.82 Å². The number of nitrogens with zero attached hydrogens (tertiary/aromatic N) is 2. The molecule has 6 nitrogen and oxygen atoms in total. The first-order valence-electron chi connectivity index (χ1n) is 7.34. The van der Waals surface area contributed by atoms with Crippen LogP contribution in [0.25, 0.3) is 0 Å². The lowest BCUT2D eigenvalue weighted by Gasteiger charge is -2.21. The fourth-order valence-electron chi connectivity index (χ4n) is 2.63. The smallest absolute Gasteiger partial charge is 0.239 e. The van der Waals surface area contributed by atoms with Crippen molar-refractivity contribution in [3.8, 4) is 0 Å². The van der Waals surface area contributed by atoms with Gasteiger partial charge in [0.25, 0.3) is 0 Å². The largest absolute Gasteiger partial charge is 0.383 e. The monoisotopic (exact) mass is 292 g/mol. The molecule has 3 N–H and O–H groups in total. The number of hydrogen-bond donors (Lipinski definition) is 2. The SMILES string of the molecule is COCCNC(=O)CN(C)c1nc2c(cc1CN)CCC2. The molecule has 1 aromatic heterocycles. The Hall–Kier alpha value is -1.66. The van der Waals surface area contributed by atoms with Crippen molar-refractivity contribution in [3.05, 3.63) is 22.9 Å². The van der Waals surface area contributed by atoms with Crippen LogP contribution in [0, 0.1) is 0 Å². The number of nitrogens with one attached hydrogen (secondary N) is 1. The molecule has 1 aliphatic rings. The second-order valence-corrected chi connectivity index (χ2v) is 5.33. The summed E-state index contributed by atoms with van der Waals surface area (Å²) in [6, 6.07) is 2.14. The standard InChI is InChI=1S/C15H24N4O2/c1-19(10-14(20)17-6-7-21-2)15-12(9-16)8-11-4-3-5-13(11)18-15/h8H,3-7,9-10,16H2,1-2H3,(H,17,20). The van der Waals surface area contributed by atoms with Gasteiger partial charge in [0.1, 0.15) is 5.82 Å². The lowest BCUT2D eigenvalue weighted by atomic mass is 10.1. The van der Waals surface area contributed by atoms with Gasteiger partial charge in [0.05, 0.1) is 13.2 Å². The molecule has 0 aromatic carbocycles.